The SMILES string of the molecule is Cl.Cn1cc(F)c(C2CCNC2)n1. The normalized spacial score (nSPS) is 21.5. The molecular formula is C8H13ClFN3. The molecule has 3 nitrogen and oxygen atoms in total. The van der Waals surface area contributed by atoms with Crippen molar-refractivity contribution in [2.45, 2.75) is 12.3 Å². The molecule has 74 valence electrons. The van der Waals surface area contributed by atoms with Gasteiger partial charge < -0.3 is 5.32 Å². The first-order valence-corrected chi connectivity index (χ1v) is 4.17. The molecule has 1 saturated heterocycles. The second-order valence-corrected chi connectivity index (χ2v) is 3.23. The summed E-state index contributed by atoms with van der Waals surface area (Å²) >= 11 is 0. The number of hydrogen-bond donors (Lipinski definition) is 1. The highest BCUT2D eigenvalue weighted by atomic mass is 35.5. The van der Waals surface area contributed by atoms with Crippen molar-refractivity contribution in [3.8, 4) is 0 Å². The van der Waals surface area contributed by atoms with Gasteiger partial charge in [0, 0.05) is 19.5 Å². The van der Waals surface area contributed by atoms with E-state index in [2.05, 4.69) is 10.4 Å². The smallest absolute Gasteiger partial charge is 0.164 e. The van der Waals surface area contributed by atoms with Crippen LogP contribution in [0, 0.1) is 5.82 Å². The van der Waals surface area contributed by atoms with Crippen LogP contribution in [0.1, 0.15) is 18.0 Å². The molecule has 2 rings (SSSR count). The molecule has 0 saturated carbocycles. The molecule has 1 N–H and O–H groups in total. The summed E-state index contributed by atoms with van der Waals surface area (Å²) in [5, 5.41) is 7.29. The van der Waals surface area contributed by atoms with E-state index in [0.717, 1.165) is 19.5 Å². The van der Waals surface area contributed by atoms with E-state index in [0.29, 0.717) is 5.69 Å². The van der Waals surface area contributed by atoms with Crippen LogP contribution in [0.3, 0.4) is 0 Å². The minimum absolute atomic E-state index is 0. The molecule has 13 heavy (non-hydrogen) atoms. The van der Waals surface area contributed by atoms with Crippen LogP contribution in [0.4, 0.5) is 4.39 Å². The van der Waals surface area contributed by atoms with Gasteiger partial charge in [0.2, 0.25) is 0 Å². The summed E-state index contributed by atoms with van der Waals surface area (Å²) in [5.74, 6) is 0.0948. The highest BCUT2D eigenvalue weighted by molar-refractivity contribution is 5.85. The third-order valence-electron chi connectivity index (χ3n) is 2.26. The molecule has 0 amide bonds. The van der Waals surface area contributed by atoms with E-state index in [1.807, 2.05) is 0 Å². The number of rotatable bonds is 1. The number of aromatic nitrogens is 2. The second-order valence-electron chi connectivity index (χ2n) is 3.23. The zero-order chi connectivity index (χ0) is 8.55. The number of halogens is 2. The van der Waals surface area contributed by atoms with E-state index in [4.69, 9.17) is 0 Å². The monoisotopic (exact) mass is 205 g/mol. The van der Waals surface area contributed by atoms with Crippen LogP contribution in [0.2, 0.25) is 0 Å². The van der Waals surface area contributed by atoms with Crippen molar-refractivity contribution < 1.29 is 4.39 Å². The van der Waals surface area contributed by atoms with Gasteiger partial charge in [0.1, 0.15) is 5.69 Å². The molecule has 1 atom stereocenters. The summed E-state index contributed by atoms with van der Waals surface area (Å²) in [6.07, 6.45) is 2.42. The van der Waals surface area contributed by atoms with Gasteiger partial charge in [0.05, 0.1) is 6.20 Å². The van der Waals surface area contributed by atoms with Gasteiger partial charge in [-0.15, -0.1) is 12.4 Å². The minimum Gasteiger partial charge on any atom is -0.316 e. The molecule has 0 aromatic carbocycles. The maximum atomic E-state index is 13.2. The van der Waals surface area contributed by atoms with Crippen LogP contribution in [-0.2, 0) is 7.05 Å². The Morgan fingerprint density at radius 1 is 1.69 bits per heavy atom. The zero-order valence-electron chi connectivity index (χ0n) is 7.46. The lowest BCUT2D eigenvalue weighted by atomic mass is 10.1. The van der Waals surface area contributed by atoms with E-state index in [1.54, 1.807) is 7.05 Å². The Balaban J connectivity index is 0.000000845. The van der Waals surface area contributed by atoms with E-state index in [1.165, 1.54) is 10.9 Å². The molecule has 1 aliphatic heterocycles. The molecule has 1 unspecified atom stereocenters. The van der Waals surface area contributed by atoms with Crippen molar-refractivity contribution in [2.24, 2.45) is 7.05 Å². The van der Waals surface area contributed by atoms with Crippen molar-refractivity contribution in [1.82, 2.24) is 15.1 Å². The first-order valence-electron chi connectivity index (χ1n) is 4.17. The standard InChI is InChI=1S/C8H12FN3.ClH/c1-12-5-7(9)8(11-12)6-2-3-10-4-6;/h5-6,10H,2-4H2,1H3;1H. The molecule has 0 aliphatic carbocycles. The summed E-state index contributed by atoms with van der Waals surface area (Å²) in [6.45, 7) is 1.83. The zero-order valence-corrected chi connectivity index (χ0v) is 8.27. The molecule has 1 fully saturated rings. The van der Waals surface area contributed by atoms with Crippen molar-refractivity contribution in [1.29, 1.82) is 0 Å². The Morgan fingerprint density at radius 3 is 2.92 bits per heavy atom. The van der Waals surface area contributed by atoms with Gasteiger partial charge in [-0.05, 0) is 13.0 Å². The Hall–Kier alpha value is -0.610. The van der Waals surface area contributed by atoms with Crippen molar-refractivity contribution in [2.75, 3.05) is 13.1 Å². The summed E-state index contributed by atoms with van der Waals surface area (Å²) < 4.78 is 14.7. The van der Waals surface area contributed by atoms with Gasteiger partial charge >= 0.3 is 0 Å². The van der Waals surface area contributed by atoms with E-state index >= 15 is 0 Å². The molecule has 1 aliphatic rings. The summed E-state index contributed by atoms with van der Waals surface area (Å²) in [4.78, 5) is 0. The van der Waals surface area contributed by atoms with Crippen molar-refractivity contribution in [3.63, 3.8) is 0 Å². The van der Waals surface area contributed by atoms with Crippen LogP contribution in [-0.4, -0.2) is 22.9 Å². The van der Waals surface area contributed by atoms with Gasteiger partial charge in [-0.1, -0.05) is 0 Å². The number of hydrogen-bond acceptors (Lipinski definition) is 2. The topological polar surface area (TPSA) is 29.9 Å². The quantitative estimate of drug-likeness (QED) is 0.743. The molecule has 2 heterocycles. The number of aryl methyl sites for hydroxylation is 1. The van der Waals surface area contributed by atoms with Crippen LogP contribution < -0.4 is 5.32 Å². The molecule has 1 aromatic heterocycles. The van der Waals surface area contributed by atoms with Crippen LogP contribution in [0.15, 0.2) is 6.20 Å². The van der Waals surface area contributed by atoms with Crippen molar-refractivity contribution in [3.05, 3.63) is 17.7 Å². The van der Waals surface area contributed by atoms with E-state index in [-0.39, 0.29) is 24.1 Å². The molecular weight excluding hydrogens is 193 g/mol. The molecule has 5 heteroatoms. The first kappa shape index (κ1) is 10.5. The van der Waals surface area contributed by atoms with Crippen LogP contribution in [0.5, 0.6) is 0 Å². The lowest BCUT2D eigenvalue weighted by Crippen LogP contribution is -2.09. The molecule has 0 spiro atoms. The molecule has 0 bridgehead atoms. The fraction of sp³-hybridized carbons (Fsp3) is 0.625. The predicted octanol–water partition coefficient (Wildman–Crippen LogP) is 1.06. The lowest BCUT2D eigenvalue weighted by Gasteiger charge is -2.02. The molecule has 1 aromatic rings. The fourth-order valence-corrected chi connectivity index (χ4v) is 1.64. The maximum Gasteiger partial charge on any atom is 0.164 e. The Kier molecular flexibility index (Phi) is 3.27. The van der Waals surface area contributed by atoms with Gasteiger partial charge in [-0.2, -0.15) is 5.10 Å². The lowest BCUT2D eigenvalue weighted by molar-refractivity contribution is 0.585. The first-order chi connectivity index (χ1) is 5.77. The van der Waals surface area contributed by atoms with Gasteiger partial charge in [0.25, 0.3) is 0 Å². The maximum absolute atomic E-state index is 13.2. The van der Waals surface area contributed by atoms with Crippen molar-refractivity contribution >= 4 is 12.4 Å². The highest BCUT2D eigenvalue weighted by Gasteiger charge is 2.22. The summed E-state index contributed by atoms with van der Waals surface area (Å²) in [5.41, 5.74) is 0.613. The van der Waals surface area contributed by atoms with Gasteiger partial charge in [-0.3, -0.25) is 4.68 Å². The Morgan fingerprint density at radius 2 is 2.46 bits per heavy atom. The summed E-state index contributed by atoms with van der Waals surface area (Å²) in [7, 11) is 1.74. The van der Waals surface area contributed by atoms with E-state index in [9.17, 15) is 4.39 Å². The highest BCUT2D eigenvalue weighted by Crippen LogP contribution is 2.22. The largest absolute Gasteiger partial charge is 0.316 e. The van der Waals surface area contributed by atoms with Crippen LogP contribution in [0.25, 0.3) is 0 Å². The van der Waals surface area contributed by atoms with Gasteiger partial charge in [0.15, 0.2) is 5.82 Å². The van der Waals surface area contributed by atoms with Gasteiger partial charge in [-0.25, -0.2) is 4.39 Å². The number of nitrogens with one attached hydrogen (secondary N) is 1. The average molecular weight is 206 g/mol. The minimum atomic E-state index is -0.175. The summed E-state index contributed by atoms with van der Waals surface area (Å²) in [6, 6.07) is 0. The average Bonchev–Trinajstić information content (AvgIpc) is 2.58. The fourth-order valence-electron chi connectivity index (χ4n) is 1.64. The number of nitrogens with zero attached hydrogens (tertiary/aromatic N) is 2. The molecule has 0 radical (unpaired) electrons. The second kappa shape index (κ2) is 4.07. The Labute approximate surface area is 82.7 Å². The third-order valence-corrected chi connectivity index (χ3v) is 2.26. The Bertz CT molecular complexity index is 281. The van der Waals surface area contributed by atoms with Crippen LogP contribution >= 0.6 is 12.4 Å². The third kappa shape index (κ3) is 2.00. The van der Waals surface area contributed by atoms with E-state index < -0.39 is 0 Å². The predicted molar refractivity (Wildman–Crippen MR) is 50.6 cm³/mol.